The maximum atomic E-state index is 12.3. The Morgan fingerprint density at radius 2 is 1.51 bits per heavy atom. The van der Waals surface area contributed by atoms with Gasteiger partial charge in [0, 0.05) is 51.4 Å². The number of aliphatic carboxylic acids is 2. The number of piperazine rings is 1. The predicted molar refractivity (Wildman–Crippen MR) is 135 cm³/mol. The summed E-state index contributed by atoms with van der Waals surface area (Å²) in [5.41, 5.74) is 5.05. The average molecular weight is 480 g/mol. The monoisotopic (exact) mass is 479 g/mol. The van der Waals surface area contributed by atoms with Crippen molar-refractivity contribution in [2.75, 3.05) is 44.6 Å². The van der Waals surface area contributed by atoms with Crippen LogP contribution in [0.3, 0.4) is 0 Å². The molecular weight excluding hydrogens is 446 g/mol. The fourth-order valence-electron chi connectivity index (χ4n) is 4.23. The molecular formula is C27H33N3O5. The number of rotatable bonds is 7. The number of carboxylic acid groups (broad SMARTS) is 2. The summed E-state index contributed by atoms with van der Waals surface area (Å²) in [6.07, 6.45) is 8.55. The second-order valence-corrected chi connectivity index (χ2v) is 8.70. The van der Waals surface area contributed by atoms with Crippen LogP contribution in [0.5, 0.6) is 0 Å². The Bertz CT molecular complexity index is 1020. The van der Waals surface area contributed by atoms with Crippen molar-refractivity contribution in [2.45, 2.75) is 25.7 Å². The van der Waals surface area contributed by atoms with Crippen molar-refractivity contribution >= 4 is 29.6 Å². The third-order valence-corrected chi connectivity index (χ3v) is 6.16. The molecule has 2 aromatic rings. The molecule has 186 valence electrons. The van der Waals surface area contributed by atoms with E-state index >= 15 is 0 Å². The van der Waals surface area contributed by atoms with Gasteiger partial charge in [-0.15, -0.1) is 0 Å². The fourth-order valence-corrected chi connectivity index (χ4v) is 4.23. The van der Waals surface area contributed by atoms with Gasteiger partial charge in [0.2, 0.25) is 5.91 Å². The van der Waals surface area contributed by atoms with Gasteiger partial charge < -0.3 is 20.4 Å². The van der Waals surface area contributed by atoms with Crippen molar-refractivity contribution in [3.63, 3.8) is 0 Å². The highest BCUT2D eigenvalue weighted by molar-refractivity contribution is 6.27. The first-order valence-electron chi connectivity index (χ1n) is 11.9. The number of hydrogen-bond acceptors (Lipinski definition) is 5. The van der Waals surface area contributed by atoms with Gasteiger partial charge in [0.1, 0.15) is 0 Å². The van der Waals surface area contributed by atoms with Crippen molar-refractivity contribution in [3.8, 4) is 0 Å². The van der Waals surface area contributed by atoms with Gasteiger partial charge in [-0.3, -0.25) is 9.69 Å². The minimum atomic E-state index is -1.82. The van der Waals surface area contributed by atoms with Crippen molar-refractivity contribution in [2.24, 2.45) is 0 Å². The summed E-state index contributed by atoms with van der Waals surface area (Å²) in [6.45, 7) is 6.01. The van der Waals surface area contributed by atoms with E-state index in [2.05, 4.69) is 63.7 Å². The highest BCUT2D eigenvalue weighted by atomic mass is 16.4. The van der Waals surface area contributed by atoms with Crippen LogP contribution < -0.4 is 5.32 Å². The summed E-state index contributed by atoms with van der Waals surface area (Å²) >= 11 is 0. The number of hydrogen-bond donors (Lipinski definition) is 3. The molecule has 0 spiro atoms. The molecule has 1 fully saturated rings. The van der Waals surface area contributed by atoms with Gasteiger partial charge in [0.25, 0.3) is 0 Å². The largest absolute Gasteiger partial charge is 0.473 e. The summed E-state index contributed by atoms with van der Waals surface area (Å²) in [7, 11) is 0. The number of carbonyl (C=O) groups excluding carboxylic acids is 1. The first-order valence-corrected chi connectivity index (χ1v) is 11.9. The molecule has 0 atom stereocenters. The van der Waals surface area contributed by atoms with E-state index in [1.165, 1.54) is 29.5 Å². The van der Waals surface area contributed by atoms with Crippen LogP contribution in [0.4, 0.5) is 5.69 Å². The highest BCUT2D eigenvalue weighted by Crippen LogP contribution is 2.24. The molecule has 1 heterocycles. The molecule has 1 aliphatic carbocycles. The van der Waals surface area contributed by atoms with E-state index in [0.29, 0.717) is 6.42 Å². The normalized spacial score (nSPS) is 15.8. The van der Waals surface area contributed by atoms with E-state index in [1.54, 1.807) is 0 Å². The maximum Gasteiger partial charge on any atom is 0.414 e. The van der Waals surface area contributed by atoms with Crippen LogP contribution in [0.1, 0.15) is 29.5 Å². The Labute approximate surface area is 205 Å². The quantitative estimate of drug-likeness (QED) is 0.524. The molecule has 1 amide bonds. The maximum absolute atomic E-state index is 12.3. The zero-order valence-electron chi connectivity index (χ0n) is 19.9. The molecule has 4 rings (SSSR count). The van der Waals surface area contributed by atoms with Gasteiger partial charge in [-0.2, -0.15) is 0 Å². The first-order chi connectivity index (χ1) is 16.9. The molecule has 3 N–H and O–H groups in total. The summed E-state index contributed by atoms with van der Waals surface area (Å²) < 4.78 is 0. The Kier molecular flexibility index (Phi) is 10.0. The van der Waals surface area contributed by atoms with Crippen LogP contribution >= 0.6 is 0 Å². The number of nitrogens with one attached hydrogen (secondary N) is 1. The van der Waals surface area contributed by atoms with Crippen LogP contribution in [0.2, 0.25) is 0 Å². The second-order valence-electron chi connectivity index (χ2n) is 8.70. The van der Waals surface area contributed by atoms with Crippen molar-refractivity contribution in [3.05, 3.63) is 71.3 Å². The summed E-state index contributed by atoms with van der Waals surface area (Å²) in [5, 5.41) is 17.9. The number of carbonyl (C=O) groups is 3. The molecule has 0 unspecified atom stereocenters. The Hall–Kier alpha value is -3.49. The number of aryl methyl sites for hydroxylation is 2. The van der Waals surface area contributed by atoms with E-state index in [9.17, 15) is 4.79 Å². The number of anilines is 1. The van der Waals surface area contributed by atoms with Crippen LogP contribution in [-0.2, 0) is 27.2 Å². The standard InChI is InChI=1S/C25H31N3O.C2H2O4/c29-25(26-24-12-11-22-9-4-10-23(22)20-24)13-15-28-18-16-27(17-19-28)14-5-8-21-6-2-1-3-7-21;3-1(4)2(5)6/h1-3,5-8,11-12,20H,4,9-10,13-19H2,(H,26,29);(H,3,4)(H,5,6). The third kappa shape index (κ3) is 8.99. The molecule has 2 aromatic carbocycles. The molecule has 8 heteroatoms. The van der Waals surface area contributed by atoms with Gasteiger partial charge in [0.15, 0.2) is 0 Å². The lowest BCUT2D eigenvalue weighted by Crippen LogP contribution is -2.46. The van der Waals surface area contributed by atoms with Gasteiger partial charge in [-0.25, -0.2) is 9.59 Å². The van der Waals surface area contributed by atoms with E-state index in [0.717, 1.165) is 51.4 Å². The molecule has 35 heavy (non-hydrogen) atoms. The minimum absolute atomic E-state index is 0.121. The molecule has 1 aliphatic heterocycles. The van der Waals surface area contributed by atoms with Crippen LogP contribution in [0.25, 0.3) is 6.08 Å². The molecule has 8 nitrogen and oxygen atoms in total. The summed E-state index contributed by atoms with van der Waals surface area (Å²) in [4.78, 5) is 35.4. The Morgan fingerprint density at radius 3 is 2.20 bits per heavy atom. The van der Waals surface area contributed by atoms with Gasteiger partial charge in [-0.1, -0.05) is 48.6 Å². The number of fused-ring (bicyclic) bond motifs is 1. The van der Waals surface area contributed by atoms with E-state index in [4.69, 9.17) is 19.8 Å². The summed E-state index contributed by atoms with van der Waals surface area (Å²) in [6, 6.07) is 16.8. The molecule has 0 bridgehead atoms. The lowest BCUT2D eigenvalue weighted by molar-refractivity contribution is -0.159. The predicted octanol–water partition coefficient (Wildman–Crippen LogP) is 2.99. The number of amides is 1. The zero-order valence-corrected chi connectivity index (χ0v) is 19.9. The SMILES string of the molecule is O=C(CCN1CCN(CC=Cc2ccccc2)CC1)Nc1ccc2c(c1)CCC2.O=C(O)C(=O)O. The smallest absolute Gasteiger partial charge is 0.414 e. The number of nitrogens with zero attached hydrogens (tertiary/aromatic N) is 2. The van der Waals surface area contributed by atoms with Gasteiger partial charge in [0.05, 0.1) is 0 Å². The Balaban J connectivity index is 0.000000509. The van der Waals surface area contributed by atoms with Crippen LogP contribution in [0, 0.1) is 0 Å². The lowest BCUT2D eigenvalue weighted by atomic mass is 10.1. The second kappa shape index (κ2) is 13.4. The van der Waals surface area contributed by atoms with E-state index < -0.39 is 11.9 Å². The molecule has 0 radical (unpaired) electrons. The van der Waals surface area contributed by atoms with E-state index in [-0.39, 0.29) is 5.91 Å². The molecule has 0 aromatic heterocycles. The molecule has 0 saturated carbocycles. The number of benzene rings is 2. The van der Waals surface area contributed by atoms with Crippen molar-refractivity contribution in [1.82, 2.24) is 9.80 Å². The molecule has 2 aliphatic rings. The lowest BCUT2D eigenvalue weighted by Gasteiger charge is -2.34. The van der Waals surface area contributed by atoms with Crippen molar-refractivity contribution < 1.29 is 24.6 Å². The fraction of sp³-hybridized carbons (Fsp3) is 0.370. The van der Waals surface area contributed by atoms with E-state index in [1.807, 2.05) is 12.1 Å². The third-order valence-electron chi connectivity index (χ3n) is 6.16. The topological polar surface area (TPSA) is 110 Å². The minimum Gasteiger partial charge on any atom is -0.473 e. The van der Waals surface area contributed by atoms with Gasteiger partial charge >= 0.3 is 11.9 Å². The zero-order chi connectivity index (χ0) is 25.0. The molecule has 1 saturated heterocycles. The highest BCUT2D eigenvalue weighted by Gasteiger charge is 2.17. The van der Waals surface area contributed by atoms with Crippen molar-refractivity contribution in [1.29, 1.82) is 0 Å². The average Bonchev–Trinajstić information content (AvgIpc) is 3.32. The number of carboxylic acids is 2. The van der Waals surface area contributed by atoms with Crippen LogP contribution in [-0.4, -0.2) is 77.1 Å². The van der Waals surface area contributed by atoms with Crippen LogP contribution in [0.15, 0.2) is 54.6 Å². The first kappa shape index (κ1) is 26.1. The Morgan fingerprint density at radius 1 is 0.857 bits per heavy atom. The van der Waals surface area contributed by atoms with Gasteiger partial charge in [-0.05, 0) is 48.1 Å². The summed E-state index contributed by atoms with van der Waals surface area (Å²) in [5.74, 6) is -3.53.